The van der Waals surface area contributed by atoms with E-state index in [9.17, 15) is 8.42 Å². The first kappa shape index (κ1) is 19.2. The first-order valence-electron chi connectivity index (χ1n) is 9.69. The minimum Gasteiger partial charge on any atom is -0.238 e. The van der Waals surface area contributed by atoms with Crippen LogP contribution in [-0.2, 0) is 16.4 Å². The second-order valence-electron chi connectivity index (χ2n) is 7.13. The van der Waals surface area contributed by atoms with Crippen LogP contribution in [0.25, 0.3) is 17.0 Å². The molecule has 0 saturated carbocycles. The fourth-order valence-electron chi connectivity index (χ4n) is 3.48. The summed E-state index contributed by atoms with van der Waals surface area (Å²) < 4.78 is 28.4. The topological polar surface area (TPSA) is 39.1 Å². The number of fused-ring (bicyclic) bond motifs is 1. The predicted octanol–water partition coefficient (Wildman–Crippen LogP) is 5.83. The Balaban J connectivity index is 1.69. The number of rotatable bonds is 6. The summed E-state index contributed by atoms with van der Waals surface area (Å²) in [5, 5.41) is 0.935. The van der Waals surface area contributed by atoms with Crippen molar-refractivity contribution in [1.29, 1.82) is 0 Å². The number of hydrogen-bond acceptors (Lipinski definition) is 2. The van der Waals surface area contributed by atoms with E-state index in [1.807, 2.05) is 67.6 Å². The minimum absolute atomic E-state index is 0.311. The van der Waals surface area contributed by atoms with Crippen molar-refractivity contribution >= 4 is 27.0 Å². The highest BCUT2D eigenvalue weighted by Gasteiger charge is 2.22. The van der Waals surface area contributed by atoms with Crippen LogP contribution in [0.4, 0.5) is 0 Å². The molecule has 1 heterocycles. The van der Waals surface area contributed by atoms with Gasteiger partial charge in [-0.1, -0.05) is 78.4 Å². The van der Waals surface area contributed by atoms with E-state index in [0.29, 0.717) is 11.3 Å². The predicted molar refractivity (Wildman–Crippen MR) is 119 cm³/mol. The first-order valence-corrected chi connectivity index (χ1v) is 11.1. The lowest BCUT2D eigenvalue weighted by molar-refractivity contribution is 0.587. The van der Waals surface area contributed by atoms with E-state index in [2.05, 4.69) is 24.3 Å². The molecule has 0 aliphatic rings. The summed E-state index contributed by atoms with van der Waals surface area (Å²) in [6.07, 6.45) is 5.56. The van der Waals surface area contributed by atoms with E-state index < -0.39 is 10.0 Å². The Bertz CT molecular complexity index is 1250. The normalized spacial score (nSPS) is 12.0. The second-order valence-corrected chi connectivity index (χ2v) is 8.92. The van der Waals surface area contributed by atoms with Crippen LogP contribution in [0, 0.1) is 6.92 Å². The summed E-state index contributed by atoms with van der Waals surface area (Å²) in [6, 6.07) is 26.8. The molecule has 0 atom stereocenters. The third kappa shape index (κ3) is 4.03. The number of aryl methyl sites for hydroxylation is 2. The summed E-state index contributed by atoms with van der Waals surface area (Å²) in [6.45, 7) is 1.95. The van der Waals surface area contributed by atoms with Crippen LogP contribution in [0.15, 0.2) is 95.9 Å². The Labute approximate surface area is 172 Å². The van der Waals surface area contributed by atoms with Crippen LogP contribution in [0.3, 0.4) is 0 Å². The number of allylic oxidation sites excluding steroid dienone is 1. The molecule has 4 rings (SSSR count). The molecule has 0 aliphatic carbocycles. The van der Waals surface area contributed by atoms with Gasteiger partial charge < -0.3 is 0 Å². The van der Waals surface area contributed by atoms with Gasteiger partial charge in [-0.2, -0.15) is 0 Å². The standard InChI is InChI=1S/C25H23NO2S/c1-20-15-17-24(18-16-20)29(27,28)26-23(19-22-12-6-8-14-25(22)26)13-7-5-11-21-9-3-2-4-10-21/h2-6,8-12,14-19H,7,13H2,1H3/b11-5+. The molecule has 1 aromatic heterocycles. The number of hydrogen-bond donors (Lipinski definition) is 0. The van der Waals surface area contributed by atoms with E-state index in [0.717, 1.165) is 34.1 Å². The van der Waals surface area contributed by atoms with Crippen molar-refractivity contribution in [2.45, 2.75) is 24.7 Å². The highest BCUT2D eigenvalue weighted by Crippen LogP contribution is 2.27. The van der Waals surface area contributed by atoms with Crippen LogP contribution >= 0.6 is 0 Å². The van der Waals surface area contributed by atoms with Crippen molar-refractivity contribution in [3.05, 3.63) is 108 Å². The van der Waals surface area contributed by atoms with Crippen LogP contribution in [0.5, 0.6) is 0 Å². The maximum absolute atomic E-state index is 13.4. The van der Waals surface area contributed by atoms with Gasteiger partial charge in [0.1, 0.15) is 0 Å². The van der Waals surface area contributed by atoms with Gasteiger partial charge in [0.25, 0.3) is 10.0 Å². The third-order valence-corrected chi connectivity index (χ3v) is 6.75. The maximum atomic E-state index is 13.4. The molecule has 0 bridgehead atoms. The Kier molecular flexibility index (Phi) is 5.36. The highest BCUT2D eigenvalue weighted by molar-refractivity contribution is 7.90. The van der Waals surface area contributed by atoms with Crippen LogP contribution in [0.1, 0.15) is 23.2 Å². The summed E-state index contributed by atoms with van der Waals surface area (Å²) in [5.41, 5.74) is 3.69. The zero-order chi connectivity index (χ0) is 20.3. The molecule has 0 fully saturated rings. The summed E-state index contributed by atoms with van der Waals surface area (Å²) in [5.74, 6) is 0. The Morgan fingerprint density at radius 1 is 0.862 bits per heavy atom. The van der Waals surface area contributed by atoms with Crippen molar-refractivity contribution < 1.29 is 8.42 Å². The monoisotopic (exact) mass is 401 g/mol. The molecule has 4 heteroatoms. The lowest BCUT2D eigenvalue weighted by Gasteiger charge is -2.12. The summed E-state index contributed by atoms with van der Waals surface area (Å²) in [4.78, 5) is 0.311. The van der Waals surface area contributed by atoms with Gasteiger partial charge >= 0.3 is 0 Å². The average Bonchev–Trinajstić information content (AvgIpc) is 3.11. The SMILES string of the molecule is Cc1ccc(S(=O)(=O)n2c(CC/C=C/c3ccccc3)cc3ccccc32)cc1. The number of benzene rings is 3. The van der Waals surface area contributed by atoms with E-state index in [4.69, 9.17) is 0 Å². The molecular weight excluding hydrogens is 378 g/mol. The van der Waals surface area contributed by atoms with Crippen LogP contribution in [0.2, 0.25) is 0 Å². The average molecular weight is 402 g/mol. The van der Waals surface area contributed by atoms with Gasteiger partial charge in [-0.25, -0.2) is 12.4 Å². The van der Waals surface area contributed by atoms with Gasteiger partial charge in [-0.3, -0.25) is 0 Å². The zero-order valence-corrected chi connectivity index (χ0v) is 17.1. The quantitative estimate of drug-likeness (QED) is 0.407. The van der Waals surface area contributed by atoms with E-state index >= 15 is 0 Å². The summed E-state index contributed by atoms with van der Waals surface area (Å²) in [7, 11) is -3.67. The van der Waals surface area contributed by atoms with Crippen molar-refractivity contribution in [3.63, 3.8) is 0 Å². The van der Waals surface area contributed by atoms with Crippen LogP contribution in [-0.4, -0.2) is 12.4 Å². The van der Waals surface area contributed by atoms with E-state index in [1.165, 1.54) is 3.97 Å². The van der Waals surface area contributed by atoms with Crippen molar-refractivity contribution in [3.8, 4) is 0 Å². The molecule has 146 valence electrons. The summed E-state index contributed by atoms with van der Waals surface area (Å²) >= 11 is 0. The maximum Gasteiger partial charge on any atom is 0.268 e. The smallest absolute Gasteiger partial charge is 0.238 e. The fraction of sp³-hybridized carbons (Fsp3) is 0.120. The minimum atomic E-state index is -3.67. The molecular formula is C25H23NO2S. The van der Waals surface area contributed by atoms with Gasteiger partial charge in [-0.15, -0.1) is 0 Å². The van der Waals surface area contributed by atoms with Gasteiger partial charge in [0.05, 0.1) is 10.4 Å². The molecule has 0 radical (unpaired) electrons. The number of aromatic nitrogens is 1. The molecule has 3 nitrogen and oxygen atoms in total. The van der Waals surface area contributed by atoms with Crippen LogP contribution < -0.4 is 0 Å². The van der Waals surface area contributed by atoms with E-state index in [-0.39, 0.29) is 0 Å². The van der Waals surface area contributed by atoms with Crippen molar-refractivity contribution in [2.24, 2.45) is 0 Å². The third-order valence-electron chi connectivity index (χ3n) is 4.97. The second kappa shape index (κ2) is 8.10. The lowest BCUT2D eigenvalue weighted by atomic mass is 10.1. The van der Waals surface area contributed by atoms with Gasteiger partial charge in [-0.05, 0) is 49.6 Å². The molecule has 0 unspecified atom stereocenters. The molecule has 4 aromatic rings. The van der Waals surface area contributed by atoms with Gasteiger partial charge in [0, 0.05) is 11.1 Å². The van der Waals surface area contributed by atoms with Gasteiger partial charge in [0.15, 0.2) is 0 Å². The zero-order valence-electron chi connectivity index (χ0n) is 16.3. The lowest BCUT2D eigenvalue weighted by Crippen LogP contribution is -2.15. The molecule has 29 heavy (non-hydrogen) atoms. The Morgan fingerprint density at radius 2 is 1.55 bits per heavy atom. The molecule has 0 N–H and O–H groups in total. The fourth-order valence-corrected chi connectivity index (χ4v) is 5.04. The molecule has 3 aromatic carbocycles. The molecule has 0 amide bonds. The van der Waals surface area contributed by atoms with E-state index in [1.54, 1.807) is 12.1 Å². The number of nitrogens with zero attached hydrogens (tertiary/aromatic N) is 1. The number of para-hydroxylation sites is 1. The van der Waals surface area contributed by atoms with Crippen molar-refractivity contribution in [2.75, 3.05) is 0 Å². The van der Waals surface area contributed by atoms with Gasteiger partial charge in [0.2, 0.25) is 0 Å². The Morgan fingerprint density at radius 3 is 2.31 bits per heavy atom. The van der Waals surface area contributed by atoms with Crippen molar-refractivity contribution in [1.82, 2.24) is 3.97 Å². The molecule has 0 aliphatic heterocycles. The highest BCUT2D eigenvalue weighted by atomic mass is 32.2. The molecule has 0 spiro atoms. The first-order chi connectivity index (χ1) is 14.1. The molecule has 0 saturated heterocycles. The Hall–Kier alpha value is -3.11. The largest absolute Gasteiger partial charge is 0.268 e.